The standard InChI is InChI=1S/C25H27N3O4/c1-17-6-3-4-8-21(17)24(29)28-22(25(30)31)16-18-10-12-20(13-11-18)32-15-14-19-7-5-9-23(26-2)27-19/h3-13,22H,14-16H2,1-2H3,(H,26,27)(H,28,29)(H,30,31)/t22-/m0/s1. The molecule has 0 saturated carbocycles. The fourth-order valence-corrected chi connectivity index (χ4v) is 3.25. The Morgan fingerprint density at radius 2 is 1.78 bits per heavy atom. The number of aryl methyl sites for hydroxylation is 1. The van der Waals surface area contributed by atoms with Gasteiger partial charge in [-0.1, -0.05) is 36.4 Å². The number of carboxylic acid groups (broad SMARTS) is 1. The molecule has 7 heteroatoms. The van der Waals surface area contributed by atoms with Crippen LogP contribution in [0.4, 0.5) is 5.82 Å². The highest BCUT2D eigenvalue weighted by Gasteiger charge is 2.21. The van der Waals surface area contributed by atoms with Gasteiger partial charge in [-0.15, -0.1) is 0 Å². The third-order valence-corrected chi connectivity index (χ3v) is 5.05. The first-order chi connectivity index (χ1) is 15.5. The highest BCUT2D eigenvalue weighted by molar-refractivity contribution is 5.97. The van der Waals surface area contributed by atoms with Crippen molar-refractivity contribution >= 4 is 17.7 Å². The Kier molecular flexibility index (Phi) is 7.80. The van der Waals surface area contributed by atoms with Gasteiger partial charge in [0.15, 0.2) is 0 Å². The van der Waals surface area contributed by atoms with E-state index in [1.54, 1.807) is 24.3 Å². The average Bonchev–Trinajstić information content (AvgIpc) is 2.80. The fourth-order valence-electron chi connectivity index (χ4n) is 3.25. The van der Waals surface area contributed by atoms with Crippen molar-refractivity contribution in [1.29, 1.82) is 0 Å². The number of carbonyl (C=O) groups is 2. The van der Waals surface area contributed by atoms with Crippen molar-refractivity contribution in [1.82, 2.24) is 10.3 Å². The average molecular weight is 434 g/mol. The van der Waals surface area contributed by atoms with E-state index in [0.717, 1.165) is 22.6 Å². The number of aromatic nitrogens is 1. The number of rotatable bonds is 10. The van der Waals surface area contributed by atoms with Crippen LogP contribution in [0.5, 0.6) is 5.75 Å². The SMILES string of the molecule is CNc1cccc(CCOc2ccc(C[C@H](NC(=O)c3ccccc3C)C(=O)O)cc2)n1. The third-order valence-electron chi connectivity index (χ3n) is 5.05. The highest BCUT2D eigenvalue weighted by Crippen LogP contribution is 2.15. The summed E-state index contributed by atoms with van der Waals surface area (Å²) in [6.07, 6.45) is 0.845. The Morgan fingerprint density at radius 1 is 1.03 bits per heavy atom. The zero-order valence-electron chi connectivity index (χ0n) is 18.2. The largest absolute Gasteiger partial charge is 0.493 e. The summed E-state index contributed by atoms with van der Waals surface area (Å²) < 4.78 is 5.78. The maximum atomic E-state index is 12.5. The topological polar surface area (TPSA) is 101 Å². The van der Waals surface area contributed by atoms with E-state index < -0.39 is 17.9 Å². The Hall–Kier alpha value is -3.87. The molecule has 0 radical (unpaired) electrons. The van der Waals surface area contributed by atoms with Crippen molar-refractivity contribution in [3.63, 3.8) is 0 Å². The van der Waals surface area contributed by atoms with E-state index in [1.807, 2.05) is 56.4 Å². The second-order valence-electron chi connectivity index (χ2n) is 7.39. The number of pyridine rings is 1. The van der Waals surface area contributed by atoms with Crippen LogP contribution in [0, 0.1) is 6.92 Å². The van der Waals surface area contributed by atoms with Crippen LogP contribution >= 0.6 is 0 Å². The summed E-state index contributed by atoms with van der Waals surface area (Å²) in [7, 11) is 1.83. The van der Waals surface area contributed by atoms with Gasteiger partial charge in [0.1, 0.15) is 17.6 Å². The first-order valence-electron chi connectivity index (χ1n) is 10.4. The van der Waals surface area contributed by atoms with E-state index in [1.165, 1.54) is 0 Å². The van der Waals surface area contributed by atoms with Crippen molar-refractivity contribution in [2.45, 2.75) is 25.8 Å². The third kappa shape index (κ3) is 6.31. The zero-order chi connectivity index (χ0) is 22.9. The maximum Gasteiger partial charge on any atom is 0.326 e. The van der Waals surface area contributed by atoms with Gasteiger partial charge in [0.05, 0.1) is 6.61 Å². The molecule has 7 nitrogen and oxygen atoms in total. The zero-order valence-corrected chi connectivity index (χ0v) is 18.2. The molecular formula is C25H27N3O4. The number of hydrogen-bond donors (Lipinski definition) is 3. The number of amides is 1. The lowest BCUT2D eigenvalue weighted by Gasteiger charge is -2.16. The van der Waals surface area contributed by atoms with Crippen LogP contribution in [0.15, 0.2) is 66.7 Å². The Morgan fingerprint density at radius 3 is 2.47 bits per heavy atom. The molecule has 1 amide bonds. The highest BCUT2D eigenvalue weighted by atomic mass is 16.5. The molecule has 0 aliphatic carbocycles. The van der Waals surface area contributed by atoms with E-state index in [9.17, 15) is 14.7 Å². The normalized spacial score (nSPS) is 11.4. The van der Waals surface area contributed by atoms with Gasteiger partial charge in [-0.2, -0.15) is 0 Å². The second kappa shape index (κ2) is 10.9. The van der Waals surface area contributed by atoms with Gasteiger partial charge in [-0.05, 0) is 48.4 Å². The Balaban J connectivity index is 1.55. The van der Waals surface area contributed by atoms with Gasteiger partial charge in [-0.25, -0.2) is 9.78 Å². The van der Waals surface area contributed by atoms with Gasteiger partial charge >= 0.3 is 5.97 Å². The molecule has 2 aromatic carbocycles. The van der Waals surface area contributed by atoms with E-state index >= 15 is 0 Å². The first-order valence-corrected chi connectivity index (χ1v) is 10.4. The summed E-state index contributed by atoms with van der Waals surface area (Å²) in [5.74, 6) is 0.0265. The quantitative estimate of drug-likeness (QED) is 0.453. The van der Waals surface area contributed by atoms with Crippen molar-refractivity contribution in [2.75, 3.05) is 19.0 Å². The molecule has 1 aromatic heterocycles. The number of aliphatic carboxylic acids is 1. The van der Waals surface area contributed by atoms with Crippen LogP contribution in [0.1, 0.15) is 27.2 Å². The molecule has 0 spiro atoms. The van der Waals surface area contributed by atoms with E-state index in [-0.39, 0.29) is 6.42 Å². The summed E-state index contributed by atoms with van der Waals surface area (Å²) in [4.78, 5) is 28.6. The molecule has 3 aromatic rings. The van der Waals surface area contributed by atoms with Gasteiger partial charge in [-0.3, -0.25) is 4.79 Å². The van der Waals surface area contributed by atoms with Crippen molar-refractivity contribution < 1.29 is 19.4 Å². The second-order valence-corrected chi connectivity index (χ2v) is 7.39. The fraction of sp³-hybridized carbons (Fsp3) is 0.240. The number of ether oxygens (including phenoxy) is 1. The number of anilines is 1. The molecule has 32 heavy (non-hydrogen) atoms. The van der Waals surface area contributed by atoms with Crippen LogP contribution in [0.3, 0.4) is 0 Å². The molecular weight excluding hydrogens is 406 g/mol. The monoisotopic (exact) mass is 433 g/mol. The minimum atomic E-state index is -1.08. The van der Waals surface area contributed by atoms with Crippen LogP contribution in [0.2, 0.25) is 0 Å². The van der Waals surface area contributed by atoms with Gasteiger partial charge in [0.25, 0.3) is 5.91 Å². The summed E-state index contributed by atoms with van der Waals surface area (Å²) in [5, 5.41) is 15.2. The number of hydrogen-bond acceptors (Lipinski definition) is 5. The molecule has 3 rings (SSSR count). The number of carbonyl (C=O) groups excluding carboxylic acids is 1. The number of nitrogens with one attached hydrogen (secondary N) is 2. The maximum absolute atomic E-state index is 12.5. The lowest BCUT2D eigenvalue weighted by Crippen LogP contribution is -2.42. The molecule has 166 valence electrons. The van der Waals surface area contributed by atoms with Gasteiger partial charge in [0.2, 0.25) is 0 Å². The molecule has 0 saturated heterocycles. The smallest absolute Gasteiger partial charge is 0.326 e. The summed E-state index contributed by atoms with van der Waals surface area (Å²) in [6.45, 7) is 2.29. The predicted octanol–water partition coefficient (Wildman–Crippen LogP) is 3.48. The van der Waals surface area contributed by atoms with Crippen LogP contribution in [-0.4, -0.2) is 41.7 Å². The molecule has 1 atom stereocenters. The van der Waals surface area contributed by atoms with E-state index in [2.05, 4.69) is 15.6 Å². The summed E-state index contributed by atoms with van der Waals surface area (Å²) in [6, 6.07) is 19.1. The van der Waals surface area contributed by atoms with Crippen LogP contribution in [0.25, 0.3) is 0 Å². The lowest BCUT2D eigenvalue weighted by molar-refractivity contribution is -0.139. The number of nitrogens with zero attached hydrogens (tertiary/aromatic N) is 1. The van der Waals surface area contributed by atoms with Crippen molar-refractivity contribution in [2.24, 2.45) is 0 Å². The molecule has 0 fully saturated rings. The van der Waals surface area contributed by atoms with Crippen LogP contribution < -0.4 is 15.4 Å². The Bertz CT molecular complexity index is 1070. The Labute approximate surface area is 187 Å². The predicted molar refractivity (Wildman–Crippen MR) is 123 cm³/mol. The molecule has 3 N–H and O–H groups in total. The lowest BCUT2D eigenvalue weighted by atomic mass is 10.0. The van der Waals surface area contributed by atoms with Crippen LogP contribution in [-0.2, 0) is 17.6 Å². The molecule has 0 aliphatic heterocycles. The molecule has 0 bridgehead atoms. The molecule has 0 unspecified atom stereocenters. The van der Waals surface area contributed by atoms with Crippen molar-refractivity contribution in [3.05, 3.63) is 89.1 Å². The first kappa shape index (κ1) is 22.8. The summed E-state index contributed by atoms with van der Waals surface area (Å²) >= 11 is 0. The van der Waals surface area contributed by atoms with E-state index in [4.69, 9.17) is 4.74 Å². The van der Waals surface area contributed by atoms with Gasteiger partial charge < -0.3 is 20.5 Å². The van der Waals surface area contributed by atoms with Gasteiger partial charge in [0, 0.05) is 31.1 Å². The number of benzene rings is 2. The van der Waals surface area contributed by atoms with Crippen molar-refractivity contribution in [3.8, 4) is 5.75 Å². The minimum Gasteiger partial charge on any atom is -0.493 e. The molecule has 0 aliphatic rings. The number of carboxylic acids is 1. The van der Waals surface area contributed by atoms with E-state index in [0.29, 0.717) is 24.3 Å². The minimum absolute atomic E-state index is 0.175. The molecule has 1 heterocycles. The summed E-state index contributed by atoms with van der Waals surface area (Å²) in [5.41, 5.74) is 2.99.